The van der Waals surface area contributed by atoms with Crippen LogP contribution in [0.25, 0.3) is 17.1 Å². The second kappa shape index (κ2) is 5.78. The van der Waals surface area contributed by atoms with Crippen LogP contribution in [0.2, 0.25) is 5.02 Å². The van der Waals surface area contributed by atoms with Gasteiger partial charge in [-0.05, 0) is 12.1 Å². The number of halogens is 1. The van der Waals surface area contributed by atoms with E-state index in [2.05, 4.69) is 28.8 Å². The third-order valence-electron chi connectivity index (χ3n) is 3.19. The minimum absolute atomic E-state index is 0.104. The Bertz CT molecular complexity index is 809. The molecule has 2 aromatic heterocycles. The lowest BCUT2D eigenvalue weighted by Crippen LogP contribution is -2.26. The number of thioether (sulfide) groups is 1. The lowest BCUT2D eigenvalue weighted by molar-refractivity contribution is -0.121. The summed E-state index contributed by atoms with van der Waals surface area (Å²) >= 11 is 7.56. The highest BCUT2D eigenvalue weighted by molar-refractivity contribution is 8.14. The highest BCUT2D eigenvalue weighted by atomic mass is 35.5. The molecule has 1 N–H and O–H groups in total. The van der Waals surface area contributed by atoms with Crippen molar-refractivity contribution in [2.45, 2.75) is 19.1 Å². The van der Waals surface area contributed by atoms with E-state index in [-0.39, 0.29) is 5.91 Å². The van der Waals surface area contributed by atoms with Gasteiger partial charge in [-0.3, -0.25) is 9.69 Å². The van der Waals surface area contributed by atoms with Crippen molar-refractivity contribution in [3.63, 3.8) is 0 Å². The van der Waals surface area contributed by atoms with Crippen molar-refractivity contribution in [3.8, 4) is 0 Å². The van der Waals surface area contributed by atoms with Gasteiger partial charge in [0.25, 0.3) is 5.91 Å². The summed E-state index contributed by atoms with van der Waals surface area (Å²) in [5.74, 6) is -0.104. The van der Waals surface area contributed by atoms with Gasteiger partial charge in [-0.25, -0.2) is 9.98 Å². The maximum Gasteiger partial charge on any atom is 0.278 e. The van der Waals surface area contributed by atoms with Gasteiger partial charge in [0.05, 0.1) is 5.02 Å². The number of carbonyl (C=O) groups excluding carboxylic acids is 1. The van der Waals surface area contributed by atoms with Crippen molar-refractivity contribution in [2.75, 3.05) is 7.05 Å². The molecule has 0 saturated heterocycles. The summed E-state index contributed by atoms with van der Waals surface area (Å²) in [7, 11) is 1.74. The van der Waals surface area contributed by atoms with Gasteiger partial charge in [-0.2, -0.15) is 0 Å². The van der Waals surface area contributed by atoms with Gasteiger partial charge < -0.3 is 4.98 Å². The Morgan fingerprint density at radius 2 is 2.23 bits per heavy atom. The zero-order valence-electron chi connectivity index (χ0n) is 12.4. The number of hydrogen-bond acceptors (Lipinski definition) is 4. The molecule has 1 aliphatic heterocycles. The van der Waals surface area contributed by atoms with Crippen LogP contribution in [-0.4, -0.2) is 38.2 Å². The first-order chi connectivity index (χ1) is 10.5. The molecular weight excluding hydrogens is 320 g/mol. The third kappa shape index (κ3) is 2.76. The molecule has 1 aliphatic rings. The van der Waals surface area contributed by atoms with Crippen molar-refractivity contribution < 1.29 is 4.79 Å². The first kappa shape index (κ1) is 15.1. The average Bonchev–Trinajstić information content (AvgIpc) is 2.96. The fraction of sp³-hybridized carbons (Fsp3) is 0.267. The number of H-pyrrole nitrogens is 1. The number of rotatable bonds is 2. The third-order valence-corrected chi connectivity index (χ3v) is 4.44. The largest absolute Gasteiger partial charge is 0.346 e. The van der Waals surface area contributed by atoms with E-state index in [0.717, 1.165) is 21.8 Å². The summed E-state index contributed by atoms with van der Waals surface area (Å²) in [6, 6.07) is 1.82. The lowest BCUT2D eigenvalue weighted by atomic mass is 10.2. The number of likely N-dealkylation sites (N-methyl/N-ethyl adjacent to an activating group) is 1. The Morgan fingerprint density at radius 1 is 1.45 bits per heavy atom. The maximum atomic E-state index is 12.3. The number of aromatic nitrogens is 2. The molecule has 0 saturated carbocycles. The Hall–Kier alpha value is -1.79. The van der Waals surface area contributed by atoms with Crippen LogP contribution in [-0.2, 0) is 4.79 Å². The Kier molecular flexibility index (Phi) is 3.97. The van der Waals surface area contributed by atoms with Crippen LogP contribution >= 0.6 is 23.4 Å². The number of fused-ring (bicyclic) bond motifs is 1. The SMILES string of the molecule is CC(C)SC1=N/C(=C\c2c[nH]c3ncc(Cl)cc23)C(=O)N1C. The minimum Gasteiger partial charge on any atom is -0.346 e. The van der Waals surface area contributed by atoms with E-state index in [0.29, 0.717) is 16.0 Å². The van der Waals surface area contributed by atoms with Crippen LogP contribution in [0.4, 0.5) is 0 Å². The number of amidine groups is 1. The summed E-state index contributed by atoms with van der Waals surface area (Å²) in [6.07, 6.45) is 5.16. The number of aliphatic imine (C=N–C) groups is 1. The van der Waals surface area contributed by atoms with Crippen LogP contribution in [0.5, 0.6) is 0 Å². The number of amides is 1. The summed E-state index contributed by atoms with van der Waals surface area (Å²) in [5.41, 5.74) is 2.00. The number of nitrogens with one attached hydrogen (secondary N) is 1. The van der Waals surface area contributed by atoms with Gasteiger partial charge in [-0.1, -0.05) is 37.2 Å². The quantitative estimate of drug-likeness (QED) is 0.855. The fourth-order valence-electron chi connectivity index (χ4n) is 2.16. The molecule has 0 spiro atoms. The molecule has 0 atom stereocenters. The maximum absolute atomic E-state index is 12.3. The number of hydrogen-bond donors (Lipinski definition) is 1. The van der Waals surface area contributed by atoms with Crippen molar-refractivity contribution in [3.05, 3.63) is 34.7 Å². The molecule has 5 nitrogen and oxygen atoms in total. The first-order valence-corrected chi connectivity index (χ1v) is 8.09. The molecule has 0 bridgehead atoms. The molecule has 3 rings (SSSR count). The minimum atomic E-state index is -0.104. The average molecular weight is 335 g/mol. The molecule has 1 amide bonds. The van der Waals surface area contributed by atoms with Crippen LogP contribution < -0.4 is 0 Å². The van der Waals surface area contributed by atoms with Gasteiger partial charge in [0, 0.05) is 35.6 Å². The Balaban J connectivity index is 2.01. The molecule has 0 aliphatic carbocycles. The van der Waals surface area contributed by atoms with Crippen LogP contribution in [0.1, 0.15) is 19.4 Å². The van der Waals surface area contributed by atoms with Crippen molar-refractivity contribution in [1.82, 2.24) is 14.9 Å². The predicted molar refractivity (Wildman–Crippen MR) is 92.0 cm³/mol. The Morgan fingerprint density at radius 3 is 2.95 bits per heavy atom. The topological polar surface area (TPSA) is 61.4 Å². The molecule has 7 heteroatoms. The van der Waals surface area contributed by atoms with Crippen molar-refractivity contribution in [2.24, 2.45) is 4.99 Å². The van der Waals surface area contributed by atoms with E-state index in [4.69, 9.17) is 11.6 Å². The zero-order chi connectivity index (χ0) is 15.9. The van der Waals surface area contributed by atoms with Crippen LogP contribution in [0.3, 0.4) is 0 Å². The van der Waals surface area contributed by atoms with E-state index in [9.17, 15) is 4.79 Å². The second-order valence-corrected chi connectivity index (χ2v) is 7.23. The molecular formula is C15H15ClN4OS. The number of pyridine rings is 1. The van der Waals surface area contributed by atoms with E-state index in [1.54, 1.807) is 42.2 Å². The molecule has 0 unspecified atom stereocenters. The highest BCUT2D eigenvalue weighted by Gasteiger charge is 2.28. The predicted octanol–water partition coefficient (Wildman–Crippen LogP) is 3.53. The molecule has 2 aromatic rings. The molecule has 3 heterocycles. The van der Waals surface area contributed by atoms with Gasteiger partial charge >= 0.3 is 0 Å². The molecule has 114 valence electrons. The summed E-state index contributed by atoms with van der Waals surface area (Å²) in [4.78, 5) is 25.6. The summed E-state index contributed by atoms with van der Waals surface area (Å²) < 4.78 is 0. The van der Waals surface area contributed by atoms with Crippen LogP contribution in [0.15, 0.2) is 29.1 Å². The van der Waals surface area contributed by atoms with E-state index < -0.39 is 0 Å². The van der Waals surface area contributed by atoms with E-state index in [1.807, 2.05) is 6.07 Å². The van der Waals surface area contributed by atoms with E-state index in [1.165, 1.54) is 0 Å². The zero-order valence-corrected chi connectivity index (χ0v) is 14.0. The molecule has 0 aromatic carbocycles. The number of carbonyl (C=O) groups is 1. The monoisotopic (exact) mass is 334 g/mol. The lowest BCUT2D eigenvalue weighted by Gasteiger charge is -2.12. The van der Waals surface area contributed by atoms with Gasteiger partial charge in [0.1, 0.15) is 11.3 Å². The van der Waals surface area contributed by atoms with Gasteiger partial charge in [0.2, 0.25) is 0 Å². The Labute approximate surface area is 137 Å². The molecule has 0 fully saturated rings. The number of aromatic amines is 1. The molecule has 22 heavy (non-hydrogen) atoms. The van der Waals surface area contributed by atoms with E-state index >= 15 is 0 Å². The van der Waals surface area contributed by atoms with Crippen molar-refractivity contribution >= 4 is 51.5 Å². The molecule has 0 radical (unpaired) electrons. The van der Waals surface area contributed by atoms with Gasteiger partial charge in [-0.15, -0.1) is 0 Å². The number of nitrogens with zero attached hydrogens (tertiary/aromatic N) is 3. The highest BCUT2D eigenvalue weighted by Crippen LogP contribution is 2.27. The summed E-state index contributed by atoms with van der Waals surface area (Å²) in [6.45, 7) is 4.14. The van der Waals surface area contributed by atoms with Crippen molar-refractivity contribution in [1.29, 1.82) is 0 Å². The van der Waals surface area contributed by atoms with Gasteiger partial charge in [0.15, 0.2) is 5.17 Å². The summed E-state index contributed by atoms with van der Waals surface area (Å²) in [5, 5.41) is 2.52. The normalized spacial score (nSPS) is 17.1. The standard InChI is InChI=1S/C15H15ClN4OS/c1-8(2)22-15-19-12(14(21)20(15)3)4-9-6-17-13-11(9)5-10(16)7-18-13/h4-8H,1-3H3,(H,17,18)/b12-4-. The smallest absolute Gasteiger partial charge is 0.278 e. The first-order valence-electron chi connectivity index (χ1n) is 6.83. The second-order valence-electron chi connectivity index (χ2n) is 5.25. The fourth-order valence-corrected chi connectivity index (χ4v) is 3.13. The van der Waals surface area contributed by atoms with Crippen LogP contribution in [0, 0.1) is 0 Å².